The maximum atomic E-state index is 5.13. The first-order valence-corrected chi connectivity index (χ1v) is 4.35. The van der Waals surface area contributed by atoms with Gasteiger partial charge in [0.05, 0.1) is 12.7 Å². The molecule has 11 heavy (non-hydrogen) atoms. The van der Waals surface area contributed by atoms with E-state index in [1.807, 2.05) is 18.5 Å². The first kappa shape index (κ1) is 7.25. The lowest BCUT2D eigenvalue weighted by molar-refractivity contribution is 0.407. The van der Waals surface area contributed by atoms with Crippen LogP contribution in [0.3, 0.4) is 0 Å². The molecule has 0 aliphatic carbocycles. The fraction of sp³-hybridized carbons (Fsp3) is 0.375. The summed E-state index contributed by atoms with van der Waals surface area (Å²) in [5.74, 6) is 0. The van der Waals surface area contributed by atoms with Crippen molar-refractivity contribution < 1.29 is 4.74 Å². The quantitative estimate of drug-likeness (QED) is 0.701. The second kappa shape index (κ2) is 2.91. The zero-order valence-corrected chi connectivity index (χ0v) is 7.54. The van der Waals surface area contributed by atoms with E-state index in [-0.39, 0.29) is 0 Å². The zero-order chi connectivity index (χ0) is 7.68. The highest BCUT2D eigenvalue weighted by atomic mass is 79.9. The van der Waals surface area contributed by atoms with Crippen LogP contribution < -0.4 is 0 Å². The van der Waals surface area contributed by atoms with Gasteiger partial charge in [0.15, 0.2) is 0 Å². The molecule has 0 saturated carbocycles. The molecule has 2 heterocycles. The predicted molar refractivity (Wildman–Crippen MR) is 45.4 cm³/mol. The summed E-state index contributed by atoms with van der Waals surface area (Å²) >= 11 is 3.43. The van der Waals surface area contributed by atoms with Crippen LogP contribution in [-0.2, 0) is 11.2 Å². The Labute approximate surface area is 73.7 Å². The van der Waals surface area contributed by atoms with E-state index in [0.717, 1.165) is 17.5 Å². The van der Waals surface area contributed by atoms with Gasteiger partial charge in [-0.25, -0.2) is 0 Å². The Bertz CT molecular complexity index is 260. The molecule has 2 rings (SSSR count). The number of hydrogen-bond acceptors (Lipinski definition) is 2. The maximum absolute atomic E-state index is 5.13. The van der Waals surface area contributed by atoms with Crippen LogP contribution in [0.25, 0.3) is 0 Å². The van der Waals surface area contributed by atoms with Crippen LogP contribution in [0.5, 0.6) is 0 Å². The number of pyridine rings is 1. The molecule has 1 aromatic heterocycles. The number of ether oxygens (including phenoxy) is 1. The predicted octanol–water partition coefficient (Wildman–Crippen LogP) is 1.79. The van der Waals surface area contributed by atoms with Crippen LogP contribution in [0.15, 0.2) is 22.9 Å². The van der Waals surface area contributed by atoms with E-state index in [9.17, 15) is 0 Å². The molecule has 1 unspecified atom stereocenters. The normalized spacial score (nSPS) is 21.7. The summed E-state index contributed by atoms with van der Waals surface area (Å²) in [6, 6.07) is 2.02. The molecule has 0 N–H and O–H groups in total. The van der Waals surface area contributed by atoms with Gasteiger partial charge in [-0.15, -0.1) is 0 Å². The molecule has 1 saturated heterocycles. The molecular weight excluding hydrogens is 206 g/mol. The molecule has 1 fully saturated rings. The van der Waals surface area contributed by atoms with Gasteiger partial charge in [-0.3, -0.25) is 4.98 Å². The molecule has 0 amide bonds. The fourth-order valence-corrected chi connectivity index (χ4v) is 1.41. The third kappa shape index (κ3) is 1.79. The molecular formula is C8H8BrNO. The molecule has 0 bridgehead atoms. The van der Waals surface area contributed by atoms with E-state index in [0.29, 0.717) is 6.10 Å². The van der Waals surface area contributed by atoms with Crippen LogP contribution in [0.1, 0.15) is 5.56 Å². The Hall–Kier alpha value is -0.410. The number of epoxide rings is 1. The van der Waals surface area contributed by atoms with Crippen LogP contribution in [0.4, 0.5) is 0 Å². The third-order valence-electron chi connectivity index (χ3n) is 1.71. The smallest absolute Gasteiger partial charge is 0.0850 e. The SMILES string of the molecule is Brc1cnccc1CC1CO1. The van der Waals surface area contributed by atoms with E-state index < -0.39 is 0 Å². The molecule has 1 aromatic rings. The van der Waals surface area contributed by atoms with Gasteiger partial charge in [-0.1, -0.05) is 0 Å². The summed E-state index contributed by atoms with van der Waals surface area (Å²) in [7, 11) is 0. The van der Waals surface area contributed by atoms with E-state index >= 15 is 0 Å². The van der Waals surface area contributed by atoms with Crippen molar-refractivity contribution in [1.29, 1.82) is 0 Å². The molecule has 0 aromatic carbocycles. The molecule has 58 valence electrons. The summed E-state index contributed by atoms with van der Waals surface area (Å²) < 4.78 is 6.21. The first-order chi connectivity index (χ1) is 5.36. The van der Waals surface area contributed by atoms with Gasteiger partial charge in [0, 0.05) is 23.3 Å². The summed E-state index contributed by atoms with van der Waals surface area (Å²) in [4.78, 5) is 3.98. The summed E-state index contributed by atoms with van der Waals surface area (Å²) in [6.07, 6.45) is 5.08. The second-order valence-corrected chi connectivity index (χ2v) is 3.48. The van der Waals surface area contributed by atoms with Crippen molar-refractivity contribution in [3.8, 4) is 0 Å². The van der Waals surface area contributed by atoms with Gasteiger partial charge in [0.2, 0.25) is 0 Å². The minimum absolute atomic E-state index is 0.452. The molecule has 1 aliphatic rings. The number of nitrogens with zero attached hydrogens (tertiary/aromatic N) is 1. The minimum atomic E-state index is 0.452. The number of rotatable bonds is 2. The number of hydrogen-bond donors (Lipinski definition) is 0. The topological polar surface area (TPSA) is 25.4 Å². The Morgan fingerprint density at radius 3 is 3.18 bits per heavy atom. The fourth-order valence-electron chi connectivity index (χ4n) is 1.00. The first-order valence-electron chi connectivity index (χ1n) is 3.56. The van der Waals surface area contributed by atoms with Gasteiger partial charge >= 0.3 is 0 Å². The molecule has 3 heteroatoms. The van der Waals surface area contributed by atoms with E-state index in [1.165, 1.54) is 5.56 Å². The number of aromatic nitrogens is 1. The maximum Gasteiger partial charge on any atom is 0.0850 e. The molecule has 0 spiro atoms. The third-order valence-corrected chi connectivity index (χ3v) is 2.42. The van der Waals surface area contributed by atoms with Crippen LogP contribution in [-0.4, -0.2) is 17.7 Å². The van der Waals surface area contributed by atoms with Crippen molar-refractivity contribution in [2.24, 2.45) is 0 Å². The Morgan fingerprint density at radius 1 is 1.73 bits per heavy atom. The van der Waals surface area contributed by atoms with Gasteiger partial charge in [0.25, 0.3) is 0 Å². The van der Waals surface area contributed by atoms with Crippen LogP contribution in [0.2, 0.25) is 0 Å². The van der Waals surface area contributed by atoms with Gasteiger partial charge in [0.1, 0.15) is 0 Å². The van der Waals surface area contributed by atoms with Crippen LogP contribution >= 0.6 is 15.9 Å². The highest BCUT2D eigenvalue weighted by Gasteiger charge is 2.23. The van der Waals surface area contributed by atoms with E-state index in [4.69, 9.17) is 4.74 Å². The van der Waals surface area contributed by atoms with Gasteiger partial charge in [-0.2, -0.15) is 0 Å². The lowest BCUT2D eigenvalue weighted by atomic mass is 10.1. The highest BCUT2D eigenvalue weighted by Crippen LogP contribution is 2.21. The molecule has 1 aliphatic heterocycles. The van der Waals surface area contributed by atoms with Crippen molar-refractivity contribution in [1.82, 2.24) is 4.98 Å². The zero-order valence-electron chi connectivity index (χ0n) is 5.96. The Balaban J connectivity index is 2.15. The van der Waals surface area contributed by atoms with Crippen molar-refractivity contribution in [2.45, 2.75) is 12.5 Å². The Kier molecular flexibility index (Phi) is 1.92. The number of halogens is 1. The van der Waals surface area contributed by atoms with Crippen molar-refractivity contribution >= 4 is 15.9 Å². The molecule has 1 atom stereocenters. The lowest BCUT2D eigenvalue weighted by Crippen LogP contribution is -1.93. The van der Waals surface area contributed by atoms with Crippen LogP contribution in [0, 0.1) is 0 Å². The van der Waals surface area contributed by atoms with Crippen molar-refractivity contribution in [3.05, 3.63) is 28.5 Å². The summed E-state index contributed by atoms with van der Waals surface area (Å²) in [5, 5.41) is 0. The lowest BCUT2D eigenvalue weighted by Gasteiger charge is -1.98. The van der Waals surface area contributed by atoms with Gasteiger partial charge < -0.3 is 4.74 Å². The summed E-state index contributed by atoms with van der Waals surface area (Å²) in [6.45, 7) is 0.911. The van der Waals surface area contributed by atoms with E-state index in [2.05, 4.69) is 20.9 Å². The summed E-state index contributed by atoms with van der Waals surface area (Å²) in [5.41, 5.74) is 1.28. The van der Waals surface area contributed by atoms with E-state index in [1.54, 1.807) is 0 Å². The minimum Gasteiger partial charge on any atom is -0.373 e. The Morgan fingerprint density at radius 2 is 2.55 bits per heavy atom. The van der Waals surface area contributed by atoms with Gasteiger partial charge in [-0.05, 0) is 27.6 Å². The average Bonchev–Trinajstić information content (AvgIpc) is 2.78. The second-order valence-electron chi connectivity index (χ2n) is 2.63. The van der Waals surface area contributed by atoms with Crippen molar-refractivity contribution in [3.63, 3.8) is 0 Å². The van der Waals surface area contributed by atoms with Crippen molar-refractivity contribution in [2.75, 3.05) is 6.61 Å². The molecule has 2 nitrogen and oxygen atoms in total. The largest absolute Gasteiger partial charge is 0.373 e. The average molecular weight is 214 g/mol. The molecule has 0 radical (unpaired) electrons. The monoisotopic (exact) mass is 213 g/mol. The highest BCUT2D eigenvalue weighted by molar-refractivity contribution is 9.10. The standard InChI is InChI=1S/C8H8BrNO/c9-8-4-10-2-1-6(8)3-7-5-11-7/h1-2,4,7H,3,5H2.